The number of aryl methyl sites for hydroxylation is 1. The predicted octanol–water partition coefficient (Wildman–Crippen LogP) is 2.71. The van der Waals surface area contributed by atoms with Crippen LogP contribution in [-0.4, -0.2) is 26.1 Å². The van der Waals surface area contributed by atoms with Gasteiger partial charge in [-0.2, -0.15) is 0 Å². The summed E-state index contributed by atoms with van der Waals surface area (Å²) in [6, 6.07) is 7.07. The van der Waals surface area contributed by atoms with Crippen molar-refractivity contribution in [1.82, 2.24) is 15.0 Å². The molecule has 0 aliphatic rings. The van der Waals surface area contributed by atoms with Crippen molar-refractivity contribution in [1.29, 1.82) is 0 Å². The zero-order chi connectivity index (χ0) is 13.1. The van der Waals surface area contributed by atoms with Crippen molar-refractivity contribution < 1.29 is 9.90 Å². The van der Waals surface area contributed by atoms with Crippen molar-refractivity contribution in [3.05, 3.63) is 35.0 Å². The lowest BCUT2D eigenvalue weighted by Gasteiger charge is -2.07. The molecule has 94 valence electrons. The first kappa shape index (κ1) is 12.6. The van der Waals surface area contributed by atoms with Gasteiger partial charge in [-0.25, -0.2) is 9.48 Å². The first-order valence-electron chi connectivity index (χ1n) is 5.56. The Kier molecular flexibility index (Phi) is 3.62. The van der Waals surface area contributed by atoms with Crippen LogP contribution in [0, 0.1) is 0 Å². The summed E-state index contributed by atoms with van der Waals surface area (Å²) in [7, 11) is 0. The van der Waals surface area contributed by atoms with Crippen LogP contribution < -0.4 is 0 Å². The Bertz CT molecular complexity index is 580. The highest BCUT2D eigenvalue weighted by Gasteiger charge is 2.21. The van der Waals surface area contributed by atoms with E-state index in [9.17, 15) is 4.79 Å². The normalized spacial score (nSPS) is 10.6. The molecule has 6 heteroatoms. The number of benzene rings is 1. The number of aromatic nitrogens is 3. The summed E-state index contributed by atoms with van der Waals surface area (Å²) in [4.78, 5) is 11.2. The maximum Gasteiger partial charge on any atom is 0.358 e. The van der Waals surface area contributed by atoms with Crippen molar-refractivity contribution >= 4 is 17.6 Å². The zero-order valence-corrected chi connectivity index (χ0v) is 10.6. The highest BCUT2D eigenvalue weighted by molar-refractivity contribution is 6.33. The van der Waals surface area contributed by atoms with E-state index in [-0.39, 0.29) is 5.69 Å². The molecule has 0 aliphatic carbocycles. The summed E-state index contributed by atoms with van der Waals surface area (Å²) < 4.78 is 1.57. The fraction of sp³-hybridized carbons (Fsp3) is 0.250. The number of carboxylic acids is 1. The molecular weight excluding hydrogens is 254 g/mol. The summed E-state index contributed by atoms with van der Waals surface area (Å²) in [5.74, 6) is -1.10. The van der Waals surface area contributed by atoms with E-state index in [0.29, 0.717) is 22.8 Å². The number of rotatable bonds is 4. The van der Waals surface area contributed by atoms with Crippen LogP contribution >= 0.6 is 11.6 Å². The summed E-state index contributed by atoms with van der Waals surface area (Å²) in [6.45, 7) is 2.58. The van der Waals surface area contributed by atoms with Gasteiger partial charge in [0.1, 0.15) is 5.69 Å². The molecule has 0 fully saturated rings. The smallest absolute Gasteiger partial charge is 0.358 e. The van der Waals surface area contributed by atoms with Crippen LogP contribution in [0.2, 0.25) is 5.02 Å². The second-order valence-electron chi connectivity index (χ2n) is 3.79. The van der Waals surface area contributed by atoms with E-state index in [1.54, 1.807) is 28.9 Å². The summed E-state index contributed by atoms with van der Waals surface area (Å²) in [5.41, 5.74) is 1.02. The molecule has 2 aromatic rings. The van der Waals surface area contributed by atoms with Gasteiger partial charge in [0.05, 0.1) is 5.02 Å². The molecule has 0 atom stereocenters. The van der Waals surface area contributed by atoms with Gasteiger partial charge >= 0.3 is 5.97 Å². The number of carboxylic acid groups (broad SMARTS) is 1. The third-order valence-electron chi connectivity index (χ3n) is 2.50. The van der Waals surface area contributed by atoms with Crippen LogP contribution in [0.4, 0.5) is 0 Å². The second kappa shape index (κ2) is 5.18. The van der Waals surface area contributed by atoms with Gasteiger partial charge in [0, 0.05) is 12.1 Å². The van der Waals surface area contributed by atoms with Crippen LogP contribution in [0.15, 0.2) is 24.3 Å². The van der Waals surface area contributed by atoms with Crippen molar-refractivity contribution in [2.45, 2.75) is 19.9 Å². The molecule has 0 saturated carbocycles. The van der Waals surface area contributed by atoms with Crippen LogP contribution in [-0.2, 0) is 6.54 Å². The Hall–Kier alpha value is -1.88. The van der Waals surface area contributed by atoms with E-state index < -0.39 is 5.97 Å². The quantitative estimate of drug-likeness (QED) is 0.923. The molecule has 0 unspecified atom stereocenters. The van der Waals surface area contributed by atoms with Gasteiger partial charge in [-0.05, 0) is 12.5 Å². The van der Waals surface area contributed by atoms with Crippen molar-refractivity contribution in [2.75, 3.05) is 0 Å². The van der Waals surface area contributed by atoms with Gasteiger partial charge < -0.3 is 5.11 Å². The van der Waals surface area contributed by atoms with Crippen LogP contribution in [0.5, 0.6) is 0 Å². The molecule has 0 amide bonds. The molecule has 18 heavy (non-hydrogen) atoms. The summed E-state index contributed by atoms with van der Waals surface area (Å²) in [6.07, 6.45) is 0.833. The number of carbonyl (C=O) groups is 1. The largest absolute Gasteiger partial charge is 0.476 e. The first-order valence-corrected chi connectivity index (χ1v) is 5.94. The van der Waals surface area contributed by atoms with E-state index in [2.05, 4.69) is 10.3 Å². The molecule has 2 rings (SSSR count). The molecule has 1 aromatic carbocycles. The highest BCUT2D eigenvalue weighted by atomic mass is 35.5. The van der Waals surface area contributed by atoms with Gasteiger partial charge in [-0.15, -0.1) is 5.10 Å². The van der Waals surface area contributed by atoms with Crippen molar-refractivity contribution in [2.24, 2.45) is 0 Å². The maximum atomic E-state index is 11.2. The average Bonchev–Trinajstić information content (AvgIpc) is 2.74. The molecule has 1 heterocycles. The molecule has 0 aliphatic heterocycles. The lowest BCUT2D eigenvalue weighted by molar-refractivity contribution is 0.0691. The minimum atomic E-state index is -1.10. The lowest BCUT2D eigenvalue weighted by atomic mass is 10.1. The Morgan fingerprint density at radius 2 is 2.17 bits per heavy atom. The molecule has 0 bridgehead atoms. The maximum absolute atomic E-state index is 11.2. The monoisotopic (exact) mass is 265 g/mol. The van der Waals surface area contributed by atoms with Crippen molar-refractivity contribution in [3.63, 3.8) is 0 Å². The fourth-order valence-corrected chi connectivity index (χ4v) is 1.97. The zero-order valence-electron chi connectivity index (χ0n) is 9.80. The number of aromatic carboxylic acids is 1. The molecule has 0 radical (unpaired) electrons. The minimum Gasteiger partial charge on any atom is -0.476 e. The third-order valence-corrected chi connectivity index (χ3v) is 2.83. The van der Waals surface area contributed by atoms with Gasteiger partial charge in [0.25, 0.3) is 0 Å². The van der Waals surface area contributed by atoms with Gasteiger partial charge in [-0.3, -0.25) is 0 Å². The molecule has 0 spiro atoms. The summed E-state index contributed by atoms with van der Waals surface area (Å²) >= 11 is 6.10. The van der Waals surface area contributed by atoms with E-state index in [4.69, 9.17) is 16.7 Å². The van der Waals surface area contributed by atoms with Gasteiger partial charge in [-0.1, -0.05) is 41.9 Å². The number of hydrogen-bond donors (Lipinski definition) is 1. The highest BCUT2D eigenvalue weighted by Crippen LogP contribution is 2.29. The third kappa shape index (κ3) is 2.22. The lowest BCUT2D eigenvalue weighted by Crippen LogP contribution is -2.04. The van der Waals surface area contributed by atoms with Crippen LogP contribution in [0.25, 0.3) is 11.3 Å². The number of halogens is 1. The van der Waals surface area contributed by atoms with Crippen LogP contribution in [0.3, 0.4) is 0 Å². The van der Waals surface area contributed by atoms with Gasteiger partial charge in [0.15, 0.2) is 5.69 Å². The summed E-state index contributed by atoms with van der Waals surface area (Å²) in [5, 5.41) is 17.2. The Balaban J connectivity index is 2.63. The van der Waals surface area contributed by atoms with Gasteiger partial charge in [0.2, 0.25) is 0 Å². The predicted molar refractivity (Wildman–Crippen MR) is 67.7 cm³/mol. The average molecular weight is 266 g/mol. The molecule has 5 nitrogen and oxygen atoms in total. The van der Waals surface area contributed by atoms with E-state index in [1.165, 1.54) is 0 Å². The standard InChI is InChI=1S/C12H12ClN3O2/c1-2-7-16-11(10(12(17)18)14-15-16)8-5-3-4-6-9(8)13/h3-6H,2,7H2,1H3,(H,17,18). The SMILES string of the molecule is CCCn1nnc(C(=O)O)c1-c1ccccc1Cl. The first-order chi connectivity index (χ1) is 8.65. The number of nitrogens with zero attached hydrogens (tertiary/aromatic N) is 3. The van der Waals surface area contributed by atoms with E-state index in [1.807, 2.05) is 6.92 Å². The molecule has 0 saturated heterocycles. The molecule has 1 aromatic heterocycles. The molecular formula is C12H12ClN3O2. The van der Waals surface area contributed by atoms with E-state index in [0.717, 1.165) is 6.42 Å². The molecule has 1 N–H and O–H groups in total. The Labute approximate surface area is 109 Å². The Morgan fingerprint density at radius 3 is 2.78 bits per heavy atom. The van der Waals surface area contributed by atoms with Crippen LogP contribution in [0.1, 0.15) is 23.8 Å². The minimum absolute atomic E-state index is 0.0726. The fourth-order valence-electron chi connectivity index (χ4n) is 1.75. The Morgan fingerprint density at radius 1 is 1.44 bits per heavy atom. The topological polar surface area (TPSA) is 68.0 Å². The van der Waals surface area contributed by atoms with Crippen molar-refractivity contribution in [3.8, 4) is 11.3 Å². The second-order valence-corrected chi connectivity index (χ2v) is 4.20. The number of hydrogen-bond acceptors (Lipinski definition) is 3. The van der Waals surface area contributed by atoms with E-state index >= 15 is 0 Å².